The van der Waals surface area contributed by atoms with Gasteiger partial charge < -0.3 is 9.84 Å². The summed E-state index contributed by atoms with van der Waals surface area (Å²) >= 11 is 0. The third-order valence-corrected chi connectivity index (χ3v) is 4.57. The minimum Gasteiger partial charge on any atom is -0.481 e. The van der Waals surface area contributed by atoms with Crippen LogP contribution in [0.4, 0.5) is 0 Å². The molecule has 1 aliphatic carbocycles. The molecule has 3 fully saturated rings. The Kier molecular flexibility index (Phi) is 3.05. The first-order valence-corrected chi connectivity index (χ1v) is 6.78. The van der Waals surface area contributed by atoms with Gasteiger partial charge in [-0.2, -0.15) is 0 Å². The van der Waals surface area contributed by atoms with Crippen molar-refractivity contribution in [1.82, 2.24) is 4.90 Å². The number of carbonyl (C=O) groups is 3. The highest BCUT2D eigenvalue weighted by molar-refractivity contribution is 6.05. The fourth-order valence-electron chi connectivity index (χ4n) is 3.55. The van der Waals surface area contributed by atoms with Gasteiger partial charge in [0.2, 0.25) is 11.8 Å². The second kappa shape index (κ2) is 4.59. The van der Waals surface area contributed by atoms with Crippen molar-refractivity contribution in [3.05, 3.63) is 0 Å². The monoisotopic (exact) mass is 267 g/mol. The Morgan fingerprint density at radius 2 is 1.68 bits per heavy atom. The molecule has 3 aliphatic rings. The number of imide groups is 1. The van der Waals surface area contributed by atoms with E-state index >= 15 is 0 Å². The molecule has 4 atom stereocenters. The molecule has 0 aromatic rings. The van der Waals surface area contributed by atoms with Gasteiger partial charge in [-0.1, -0.05) is 12.8 Å². The number of hydrogen-bond acceptors (Lipinski definition) is 4. The second-order valence-electron chi connectivity index (χ2n) is 5.59. The molecular weight excluding hydrogens is 250 g/mol. The molecule has 0 radical (unpaired) electrons. The number of aliphatic carboxylic acids is 1. The standard InChI is InChI=1S/C13H17NO5/c15-11-7-3-1-2-4-8(7)12(16)14(11)10-6-19-5-9(10)13(17)18/h7-10H,1-6H2,(H,17,18). The number of nitrogens with zero attached hydrogens (tertiary/aromatic N) is 1. The summed E-state index contributed by atoms with van der Waals surface area (Å²) in [5.74, 6) is -2.61. The van der Waals surface area contributed by atoms with Crippen LogP contribution in [-0.4, -0.2) is 47.0 Å². The first kappa shape index (κ1) is 12.6. The van der Waals surface area contributed by atoms with Gasteiger partial charge >= 0.3 is 5.97 Å². The van der Waals surface area contributed by atoms with Crippen LogP contribution in [0.5, 0.6) is 0 Å². The lowest BCUT2D eigenvalue weighted by atomic mass is 9.81. The van der Waals surface area contributed by atoms with Gasteiger partial charge in [-0.3, -0.25) is 19.3 Å². The number of carbonyl (C=O) groups excluding carboxylic acids is 2. The number of fused-ring (bicyclic) bond motifs is 1. The second-order valence-corrected chi connectivity index (χ2v) is 5.59. The average molecular weight is 267 g/mol. The van der Waals surface area contributed by atoms with Gasteiger partial charge in [-0.05, 0) is 12.8 Å². The lowest BCUT2D eigenvalue weighted by molar-refractivity contribution is -0.148. The van der Waals surface area contributed by atoms with Crippen LogP contribution < -0.4 is 0 Å². The Morgan fingerprint density at radius 3 is 2.21 bits per heavy atom. The van der Waals surface area contributed by atoms with Crippen molar-refractivity contribution in [3.8, 4) is 0 Å². The van der Waals surface area contributed by atoms with Crippen molar-refractivity contribution in [3.63, 3.8) is 0 Å². The number of likely N-dealkylation sites (tertiary alicyclic amines) is 1. The quantitative estimate of drug-likeness (QED) is 0.726. The maximum absolute atomic E-state index is 12.4. The Hall–Kier alpha value is -1.43. The van der Waals surface area contributed by atoms with Gasteiger partial charge in [-0.25, -0.2) is 0 Å². The van der Waals surface area contributed by atoms with Crippen molar-refractivity contribution in [2.75, 3.05) is 13.2 Å². The third-order valence-electron chi connectivity index (χ3n) is 4.57. The zero-order chi connectivity index (χ0) is 13.6. The number of hydrogen-bond donors (Lipinski definition) is 1. The van der Waals surface area contributed by atoms with Crippen molar-refractivity contribution in [2.24, 2.45) is 17.8 Å². The molecule has 2 saturated heterocycles. The summed E-state index contributed by atoms with van der Waals surface area (Å²) in [7, 11) is 0. The number of carboxylic acid groups (broad SMARTS) is 1. The van der Waals surface area contributed by atoms with Crippen LogP contribution in [0.3, 0.4) is 0 Å². The summed E-state index contributed by atoms with van der Waals surface area (Å²) in [6, 6.07) is -0.622. The molecule has 4 unspecified atom stereocenters. The van der Waals surface area contributed by atoms with Gasteiger partial charge in [0, 0.05) is 0 Å². The maximum Gasteiger partial charge on any atom is 0.311 e. The van der Waals surface area contributed by atoms with Gasteiger partial charge in [0.25, 0.3) is 0 Å². The normalized spacial score (nSPS) is 38.6. The molecule has 1 N–H and O–H groups in total. The molecule has 0 bridgehead atoms. The number of amides is 2. The first-order valence-electron chi connectivity index (χ1n) is 6.78. The predicted octanol–water partition coefficient (Wildman–Crippen LogP) is 0.261. The summed E-state index contributed by atoms with van der Waals surface area (Å²) in [5.41, 5.74) is 0. The largest absolute Gasteiger partial charge is 0.481 e. The van der Waals surface area contributed by atoms with Crippen LogP contribution in [0.1, 0.15) is 25.7 Å². The molecule has 6 heteroatoms. The van der Waals surface area contributed by atoms with Gasteiger partial charge in [0.1, 0.15) is 5.92 Å². The van der Waals surface area contributed by atoms with E-state index < -0.39 is 17.9 Å². The summed E-state index contributed by atoms with van der Waals surface area (Å²) in [6.45, 7) is 0.222. The predicted molar refractivity (Wildman–Crippen MR) is 63.0 cm³/mol. The van der Waals surface area contributed by atoms with Crippen LogP contribution in [0.2, 0.25) is 0 Å². The molecule has 19 heavy (non-hydrogen) atoms. The lowest BCUT2D eigenvalue weighted by Gasteiger charge is -2.24. The summed E-state index contributed by atoms with van der Waals surface area (Å²) in [4.78, 5) is 37.1. The Morgan fingerprint density at radius 1 is 1.11 bits per heavy atom. The van der Waals surface area contributed by atoms with E-state index in [2.05, 4.69) is 0 Å². The topological polar surface area (TPSA) is 83.9 Å². The lowest BCUT2D eigenvalue weighted by Crippen LogP contribution is -2.46. The van der Waals surface area contributed by atoms with Crippen molar-refractivity contribution < 1.29 is 24.2 Å². The SMILES string of the molecule is O=C(O)C1COCC1N1C(=O)C2CCCCC2C1=O. The first-order chi connectivity index (χ1) is 9.11. The zero-order valence-corrected chi connectivity index (χ0v) is 10.6. The third kappa shape index (κ3) is 1.85. The van der Waals surface area contributed by atoms with E-state index in [9.17, 15) is 14.4 Å². The molecule has 0 spiro atoms. The van der Waals surface area contributed by atoms with Gasteiger partial charge in [0.05, 0.1) is 31.1 Å². The highest BCUT2D eigenvalue weighted by atomic mass is 16.5. The molecule has 104 valence electrons. The molecule has 0 aromatic heterocycles. The molecule has 1 saturated carbocycles. The maximum atomic E-state index is 12.4. The molecule has 3 rings (SSSR count). The van der Waals surface area contributed by atoms with Gasteiger partial charge in [-0.15, -0.1) is 0 Å². The fourth-order valence-corrected chi connectivity index (χ4v) is 3.55. The van der Waals surface area contributed by atoms with Gasteiger partial charge in [0.15, 0.2) is 0 Å². The van der Waals surface area contributed by atoms with Crippen molar-refractivity contribution >= 4 is 17.8 Å². The van der Waals surface area contributed by atoms with E-state index in [1.807, 2.05) is 0 Å². The van der Waals surface area contributed by atoms with E-state index in [-0.39, 0.29) is 36.9 Å². The fraction of sp³-hybridized carbons (Fsp3) is 0.769. The number of rotatable bonds is 2. The van der Waals surface area contributed by atoms with Crippen LogP contribution in [0, 0.1) is 17.8 Å². The van der Waals surface area contributed by atoms with Crippen LogP contribution in [-0.2, 0) is 19.1 Å². The number of ether oxygens (including phenoxy) is 1. The Labute approximate surface area is 110 Å². The molecular formula is C13H17NO5. The van der Waals surface area contributed by atoms with Crippen LogP contribution in [0.25, 0.3) is 0 Å². The molecule has 2 heterocycles. The highest BCUT2D eigenvalue weighted by Crippen LogP contribution is 2.40. The average Bonchev–Trinajstić information content (AvgIpc) is 2.95. The molecule has 0 aromatic carbocycles. The zero-order valence-electron chi connectivity index (χ0n) is 10.6. The van der Waals surface area contributed by atoms with E-state index in [1.54, 1.807) is 0 Å². The van der Waals surface area contributed by atoms with Crippen molar-refractivity contribution in [2.45, 2.75) is 31.7 Å². The summed E-state index contributed by atoms with van der Waals surface area (Å²) in [5, 5.41) is 9.15. The summed E-state index contributed by atoms with van der Waals surface area (Å²) < 4.78 is 5.17. The van der Waals surface area contributed by atoms with E-state index in [4.69, 9.17) is 9.84 Å². The van der Waals surface area contributed by atoms with E-state index in [0.717, 1.165) is 25.7 Å². The number of carboxylic acids is 1. The smallest absolute Gasteiger partial charge is 0.311 e. The Balaban J connectivity index is 1.86. The minimum absolute atomic E-state index is 0.0758. The molecule has 6 nitrogen and oxygen atoms in total. The van der Waals surface area contributed by atoms with E-state index in [0.29, 0.717) is 0 Å². The Bertz CT molecular complexity index is 411. The van der Waals surface area contributed by atoms with E-state index in [1.165, 1.54) is 4.90 Å². The van der Waals surface area contributed by atoms with Crippen LogP contribution in [0.15, 0.2) is 0 Å². The highest BCUT2D eigenvalue weighted by Gasteiger charge is 2.53. The summed E-state index contributed by atoms with van der Waals surface area (Å²) in [6.07, 6.45) is 3.43. The molecule has 2 amide bonds. The minimum atomic E-state index is -1.00. The molecule has 2 aliphatic heterocycles. The van der Waals surface area contributed by atoms with Crippen molar-refractivity contribution in [1.29, 1.82) is 0 Å². The van der Waals surface area contributed by atoms with Crippen LogP contribution >= 0.6 is 0 Å².